The zero-order chi connectivity index (χ0) is 18.8. The van der Waals surface area contributed by atoms with Crippen LogP contribution in [0.5, 0.6) is 0 Å². The van der Waals surface area contributed by atoms with Gasteiger partial charge >= 0.3 is 5.97 Å². The molecule has 0 aliphatic carbocycles. The smallest absolute Gasteiger partial charge is 0.338 e. The summed E-state index contributed by atoms with van der Waals surface area (Å²) in [5.41, 5.74) is 1.52. The molecule has 26 heavy (non-hydrogen) atoms. The van der Waals surface area contributed by atoms with E-state index in [9.17, 15) is 9.90 Å². The Balaban J connectivity index is 1.80. The second-order valence-electron chi connectivity index (χ2n) is 5.96. The molecule has 5 heteroatoms. The largest absolute Gasteiger partial charge is 0.462 e. The summed E-state index contributed by atoms with van der Waals surface area (Å²) in [7, 11) is 0. The minimum absolute atomic E-state index is 0.114. The van der Waals surface area contributed by atoms with E-state index in [4.69, 9.17) is 9.47 Å². The Morgan fingerprint density at radius 3 is 2.46 bits per heavy atom. The maximum Gasteiger partial charge on any atom is 0.338 e. The summed E-state index contributed by atoms with van der Waals surface area (Å²) in [5.74, 6) is -0.660. The van der Waals surface area contributed by atoms with Crippen LogP contribution in [0.25, 0.3) is 0 Å². The van der Waals surface area contributed by atoms with Crippen LogP contribution in [0.1, 0.15) is 22.3 Å². The lowest BCUT2D eigenvalue weighted by Crippen LogP contribution is -2.30. The van der Waals surface area contributed by atoms with Gasteiger partial charge in [-0.25, -0.2) is 4.79 Å². The number of aliphatic hydroxyl groups excluding tert-OH is 1. The highest BCUT2D eigenvalue weighted by Crippen LogP contribution is 2.15. The van der Waals surface area contributed by atoms with Gasteiger partial charge in [0.25, 0.3) is 0 Å². The van der Waals surface area contributed by atoms with E-state index in [1.807, 2.05) is 30.3 Å². The van der Waals surface area contributed by atoms with Crippen molar-refractivity contribution in [3.63, 3.8) is 0 Å². The summed E-state index contributed by atoms with van der Waals surface area (Å²) in [6.45, 7) is 4.40. The van der Waals surface area contributed by atoms with Gasteiger partial charge < -0.3 is 14.6 Å². The molecule has 0 bridgehead atoms. The Hall–Kier alpha value is -1.95. The molecule has 1 N–H and O–H groups in total. The van der Waals surface area contributed by atoms with Crippen LogP contribution in [0.4, 0.5) is 0 Å². The van der Waals surface area contributed by atoms with Crippen LogP contribution in [0, 0.1) is 5.92 Å². The molecule has 0 saturated heterocycles. The van der Waals surface area contributed by atoms with Crippen molar-refractivity contribution in [2.45, 2.75) is 19.1 Å². The Morgan fingerprint density at radius 2 is 1.81 bits per heavy atom. The van der Waals surface area contributed by atoms with E-state index in [1.165, 1.54) is 0 Å². The lowest BCUT2D eigenvalue weighted by molar-refractivity contribution is -0.0224. The number of halogens is 1. The maximum absolute atomic E-state index is 12.0. The quantitative estimate of drug-likeness (QED) is 0.459. The fourth-order valence-electron chi connectivity index (χ4n) is 2.40. The molecular formula is C21H23BrO4. The first-order valence-corrected chi connectivity index (χ1v) is 9.22. The van der Waals surface area contributed by atoms with Crippen molar-refractivity contribution in [1.29, 1.82) is 0 Å². The Bertz CT molecular complexity index is 685. The van der Waals surface area contributed by atoms with Crippen LogP contribution in [0.2, 0.25) is 0 Å². The first-order chi connectivity index (χ1) is 12.6. The van der Waals surface area contributed by atoms with Gasteiger partial charge in [-0.2, -0.15) is 0 Å². The number of rotatable bonds is 10. The van der Waals surface area contributed by atoms with E-state index in [0.717, 1.165) is 10.0 Å². The van der Waals surface area contributed by atoms with Crippen molar-refractivity contribution >= 4 is 21.9 Å². The molecule has 0 unspecified atom stereocenters. The molecule has 0 aliphatic heterocycles. The van der Waals surface area contributed by atoms with Gasteiger partial charge in [-0.3, -0.25) is 0 Å². The van der Waals surface area contributed by atoms with E-state index in [0.29, 0.717) is 18.6 Å². The topological polar surface area (TPSA) is 55.8 Å². The van der Waals surface area contributed by atoms with Crippen molar-refractivity contribution in [2.24, 2.45) is 5.92 Å². The highest BCUT2D eigenvalue weighted by atomic mass is 79.9. The minimum atomic E-state index is -0.743. The lowest BCUT2D eigenvalue weighted by Gasteiger charge is -2.21. The third kappa shape index (κ3) is 6.75. The number of carbonyl (C=O) groups is 1. The van der Waals surface area contributed by atoms with Crippen LogP contribution < -0.4 is 0 Å². The van der Waals surface area contributed by atoms with Gasteiger partial charge in [-0.1, -0.05) is 52.3 Å². The Kier molecular flexibility index (Phi) is 8.54. The van der Waals surface area contributed by atoms with E-state index in [2.05, 4.69) is 22.5 Å². The highest BCUT2D eigenvalue weighted by Gasteiger charge is 2.20. The number of aliphatic hydroxyl groups is 1. The molecular weight excluding hydrogens is 396 g/mol. The third-order valence-corrected chi connectivity index (χ3v) is 4.45. The predicted molar refractivity (Wildman–Crippen MR) is 105 cm³/mol. The molecule has 138 valence electrons. The van der Waals surface area contributed by atoms with Gasteiger partial charge in [0, 0.05) is 10.4 Å². The molecule has 0 aliphatic rings. The lowest BCUT2D eigenvalue weighted by atomic mass is 10.00. The maximum atomic E-state index is 12.0. The summed E-state index contributed by atoms with van der Waals surface area (Å²) >= 11 is 3.39. The Morgan fingerprint density at radius 1 is 1.12 bits per heavy atom. The number of benzene rings is 2. The summed E-state index contributed by atoms with van der Waals surface area (Å²) in [6, 6.07) is 16.6. The van der Waals surface area contributed by atoms with Crippen LogP contribution >= 0.6 is 15.9 Å². The highest BCUT2D eigenvalue weighted by molar-refractivity contribution is 9.10. The van der Waals surface area contributed by atoms with E-state index >= 15 is 0 Å². The van der Waals surface area contributed by atoms with Crippen LogP contribution in [-0.2, 0) is 16.1 Å². The number of ether oxygens (including phenoxy) is 2. The second kappa shape index (κ2) is 10.9. The van der Waals surface area contributed by atoms with Crippen LogP contribution in [-0.4, -0.2) is 30.4 Å². The molecule has 0 amide bonds. The first kappa shape index (κ1) is 20.4. The van der Waals surface area contributed by atoms with Crippen molar-refractivity contribution in [3.8, 4) is 0 Å². The van der Waals surface area contributed by atoms with Crippen molar-refractivity contribution < 1.29 is 19.4 Å². The molecule has 4 nitrogen and oxygen atoms in total. The summed E-state index contributed by atoms with van der Waals surface area (Å²) in [4.78, 5) is 12.0. The minimum Gasteiger partial charge on any atom is -0.462 e. The normalized spacial score (nSPS) is 13.0. The number of hydrogen-bond donors (Lipinski definition) is 1. The zero-order valence-corrected chi connectivity index (χ0v) is 16.1. The van der Waals surface area contributed by atoms with Crippen LogP contribution in [0.15, 0.2) is 71.7 Å². The number of carbonyl (C=O) groups excluding carboxylic acids is 1. The predicted octanol–water partition coefficient (Wildman–Crippen LogP) is 4.38. The fraction of sp³-hybridized carbons (Fsp3) is 0.286. The van der Waals surface area contributed by atoms with E-state index in [-0.39, 0.29) is 19.1 Å². The average molecular weight is 419 g/mol. The number of allylic oxidation sites excluding steroid dienone is 1. The molecule has 0 fully saturated rings. The summed E-state index contributed by atoms with van der Waals surface area (Å²) in [6.07, 6.45) is 1.50. The summed E-state index contributed by atoms with van der Waals surface area (Å²) in [5, 5.41) is 10.4. The van der Waals surface area contributed by atoms with Crippen LogP contribution in [0.3, 0.4) is 0 Å². The van der Waals surface area contributed by atoms with Gasteiger partial charge in [0.1, 0.15) is 0 Å². The Labute approximate surface area is 162 Å². The number of hydrogen-bond acceptors (Lipinski definition) is 4. The number of esters is 1. The zero-order valence-electron chi connectivity index (χ0n) is 14.5. The van der Waals surface area contributed by atoms with Gasteiger partial charge in [0.05, 0.1) is 31.5 Å². The van der Waals surface area contributed by atoms with E-state index < -0.39 is 12.1 Å². The van der Waals surface area contributed by atoms with Gasteiger partial charge in [0.15, 0.2) is 0 Å². The molecule has 2 atom stereocenters. The van der Waals surface area contributed by atoms with Gasteiger partial charge in [0.2, 0.25) is 0 Å². The average Bonchev–Trinajstić information content (AvgIpc) is 2.67. The fourth-order valence-corrected chi connectivity index (χ4v) is 2.67. The SMILES string of the molecule is C=CC[C@H](COC(=O)c1ccccc1)[C@H](O)COCc1ccc(Br)cc1. The second-order valence-corrected chi connectivity index (χ2v) is 6.87. The van der Waals surface area contributed by atoms with Gasteiger partial charge in [-0.15, -0.1) is 6.58 Å². The molecule has 0 saturated carbocycles. The summed E-state index contributed by atoms with van der Waals surface area (Å²) < 4.78 is 11.9. The molecule has 0 radical (unpaired) electrons. The standard InChI is InChI=1S/C21H23BrO4/c1-2-6-18(14-26-21(24)17-7-4-3-5-8-17)20(23)15-25-13-16-9-11-19(22)12-10-16/h2-5,7-12,18,20,23H,1,6,13-15H2/t18-,20-/m1/s1. The molecule has 2 rings (SSSR count). The third-order valence-electron chi connectivity index (χ3n) is 3.92. The van der Waals surface area contributed by atoms with Crippen molar-refractivity contribution in [2.75, 3.05) is 13.2 Å². The molecule has 2 aromatic rings. The van der Waals surface area contributed by atoms with Crippen molar-refractivity contribution in [3.05, 3.63) is 82.9 Å². The molecule has 0 heterocycles. The first-order valence-electron chi connectivity index (χ1n) is 8.43. The van der Waals surface area contributed by atoms with Crippen molar-refractivity contribution in [1.82, 2.24) is 0 Å². The molecule has 0 spiro atoms. The molecule has 0 aromatic heterocycles. The van der Waals surface area contributed by atoms with Gasteiger partial charge in [-0.05, 0) is 36.2 Å². The van der Waals surface area contributed by atoms with E-state index in [1.54, 1.807) is 30.3 Å². The monoisotopic (exact) mass is 418 g/mol. The molecule has 2 aromatic carbocycles.